The highest BCUT2D eigenvalue weighted by Gasteiger charge is 2.07. The Labute approximate surface area is 100 Å². The van der Waals surface area contributed by atoms with Gasteiger partial charge in [0.25, 0.3) is 0 Å². The quantitative estimate of drug-likeness (QED) is 0.815. The minimum Gasteiger partial charge on any atom is -0.250 e. The van der Waals surface area contributed by atoms with E-state index < -0.39 is 0 Å². The van der Waals surface area contributed by atoms with Gasteiger partial charge in [-0.3, -0.25) is 0 Å². The third-order valence-electron chi connectivity index (χ3n) is 1.95. The summed E-state index contributed by atoms with van der Waals surface area (Å²) < 4.78 is 1.83. The largest absolute Gasteiger partial charge is 0.250 e. The maximum atomic E-state index is 4.20. The van der Waals surface area contributed by atoms with Crippen molar-refractivity contribution in [3.8, 4) is 0 Å². The highest BCUT2D eigenvalue weighted by atomic mass is 79.9. The fraction of sp³-hybridized carbons (Fsp3) is 0.444. The topological polar surface area (TPSA) is 43.6 Å². The van der Waals surface area contributed by atoms with Gasteiger partial charge in [0.2, 0.25) is 0 Å². The Morgan fingerprint density at radius 2 is 2.40 bits per heavy atom. The summed E-state index contributed by atoms with van der Waals surface area (Å²) in [5.74, 6) is 0. The molecule has 80 valence electrons. The molecule has 2 aromatic rings. The van der Waals surface area contributed by atoms with Crippen molar-refractivity contribution >= 4 is 27.3 Å². The molecule has 0 N–H and O–H groups in total. The third kappa shape index (κ3) is 2.63. The second kappa shape index (κ2) is 4.40. The van der Waals surface area contributed by atoms with Crippen LogP contribution in [0.25, 0.3) is 0 Å². The average molecular weight is 287 g/mol. The molecule has 0 aromatic carbocycles. The Hall–Kier alpha value is -0.750. The number of aromatic nitrogens is 4. The lowest BCUT2D eigenvalue weighted by Crippen LogP contribution is -1.98. The summed E-state index contributed by atoms with van der Waals surface area (Å²) >= 11 is 5.15. The zero-order valence-electron chi connectivity index (χ0n) is 8.51. The number of halogens is 1. The van der Waals surface area contributed by atoms with Crippen LogP contribution in [0.4, 0.5) is 0 Å². The molecule has 2 heterocycles. The minimum absolute atomic E-state index is 0.245. The molecule has 4 nitrogen and oxygen atoms in total. The molecular formula is C9H11BrN4S. The van der Waals surface area contributed by atoms with Gasteiger partial charge in [0, 0.05) is 17.3 Å². The molecule has 0 amide bonds. The van der Waals surface area contributed by atoms with Crippen molar-refractivity contribution in [2.24, 2.45) is 0 Å². The lowest BCUT2D eigenvalue weighted by molar-refractivity contribution is 0.654. The first kappa shape index (κ1) is 10.8. The number of aryl methyl sites for hydroxylation is 1. The van der Waals surface area contributed by atoms with Crippen LogP contribution in [0.1, 0.15) is 27.3 Å². The lowest BCUT2D eigenvalue weighted by Gasteiger charge is -1.95. The van der Waals surface area contributed by atoms with Crippen molar-refractivity contribution in [2.45, 2.75) is 25.2 Å². The standard InChI is InChI=1S/C9H11BrN4S/c1-6(10)9-5-14(13-12-9)4-8-3-11-7(2)15-8/h3,5-6H,4H2,1-2H3. The first-order chi connectivity index (χ1) is 7.15. The lowest BCUT2D eigenvalue weighted by atomic mass is 10.4. The highest BCUT2D eigenvalue weighted by molar-refractivity contribution is 9.09. The molecule has 0 bridgehead atoms. The van der Waals surface area contributed by atoms with E-state index in [2.05, 4.69) is 31.2 Å². The van der Waals surface area contributed by atoms with Gasteiger partial charge in [-0.2, -0.15) is 0 Å². The van der Waals surface area contributed by atoms with Crippen molar-refractivity contribution in [1.82, 2.24) is 20.0 Å². The minimum atomic E-state index is 0.245. The van der Waals surface area contributed by atoms with E-state index >= 15 is 0 Å². The van der Waals surface area contributed by atoms with E-state index in [9.17, 15) is 0 Å². The number of rotatable bonds is 3. The van der Waals surface area contributed by atoms with Crippen molar-refractivity contribution in [1.29, 1.82) is 0 Å². The molecule has 0 spiro atoms. The molecule has 0 aliphatic rings. The molecule has 6 heteroatoms. The van der Waals surface area contributed by atoms with E-state index in [1.165, 1.54) is 4.88 Å². The molecule has 2 rings (SSSR count). The SMILES string of the molecule is Cc1ncc(Cn2cc(C(C)Br)nn2)s1. The molecule has 1 atom stereocenters. The summed E-state index contributed by atoms with van der Waals surface area (Å²) in [7, 11) is 0. The monoisotopic (exact) mass is 286 g/mol. The maximum absolute atomic E-state index is 4.20. The van der Waals surface area contributed by atoms with Crippen LogP contribution in [0, 0.1) is 6.92 Å². The summed E-state index contributed by atoms with van der Waals surface area (Å²) in [5, 5.41) is 9.21. The fourth-order valence-electron chi connectivity index (χ4n) is 1.21. The van der Waals surface area contributed by atoms with Crippen LogP contribution in [0.3, 0.4) is 0 Å². The average Bonchev–Trinajstić information content (AvgIpc) is 2.76. The Balaban J connectivity index is 2.11. The van der Waals surface area contributed by atoms with E-state index in [1.807, 2.05) is 30.9 Å². The number of alkyl halides is 1. The van der Waals surface area contributed by atoms with E-state index in [1.54, 1.807) is 11.3 Å². The normalized spacial score (nSPS) is 13.0. The Morgan fingerprint density at radius 1 is 1.60 bits per heavy atom. The molecule has 0 saturated carbocycles. The van der Waals surface area contributed by atoms with Crippen LogP contribution in [-0.4, -0.2) is 20.0 Å². The van der Waals surface area contributed by atoms with Gasteiger partial charge < -0.3 is 0 Å². The maximum Gasteiger partial charge on any atom is 0.0960 e. The molecule has 0 saturated heterocycles. The number of hydrogen-bond acceptors (Lipinski definition) is 4. The van der Waals surface area contributed by atoms with Gasteiger partial charge >= 0.3 is 0 Å². The second-order valence-electron chi connectivity index (χ2n) is 3.30. The van der Waals surface area contributed by atoms with Gasteiger partial charge in [0.05, 0.1) is 22.1 Å². The van der Waals surface area contributed by atoms with Crippen molar-refractivity contribution in [3.05, 3.63) is 28.0 Å². The van der Waals surface area contributed by atoms with Gasteiger partial charge in [-0.1, -0.05) is 21.1 Å². The van der Waals surface area contributed by atoms with E-state index in [-0.39, 0.29) is 4.83 Å². The van der Waals surface area contributed by atoms with Crippen molar-refractivity contribution in [2.75, 3.05) is 0 Å². The Bertz CT molecular complexity index is 448. The summed E-state index contributed by atoms with van der Waals surface area (Å²) in [6.07, 6.45) is 3.84. The molecule has 15 heavy (non-hydrogen) atoms. The van der Waals surface area contributed by atoms with Crippen molar-refractivity contribution in [3.63, 3.8) is 0 Å². The van der Waals surface area contributed by atoms with Crippen LogP contribution in [0.2, 0.25) is 0 Å². The van der Waals surface area contributed by atoms with E-state index in [0.717, 1.165) is 17.2 Å². The molecule has 0 aliphatic heterocycles. The van der Waals surface area contributed by atoms with Gasteiger partial charge in [-0.05, 0) is 13.8 Å². The Kier molecular flexibility index (Phi) is 3.16. The van der Waals surface area contributed by atoms with Gasteiger partial charge in [0.15, 0.2) is 0 Å². The molecule has 1 unspecified atom stereocenters. The Morgan fingerprint density at radius 3 is 2.93 bits per heavy atom. The van der Waals surface area contributed by atoms with E-state index in [4.69, 9.17) is 0 Å². The molecule has 0 aliphatic carbocycles. The highest BCUT2D eigenvalue weighted by Crippen LogP contribution is 2.19. The molecule has 0 radical (unpaired) electrons. The number of hydrogen-bond donors (Lipinski definition) is 0. The molecule has 2 aromatic heterocycles. The summed E-state index contributed by atoms with van der Waals surface area (Å²) in [6, 6.07) is 0. The second-order valence-corrected chi connectivity index (χ2v) is 6.00. The van der Waals surface area contributed by atoms with Crippen LogP contribution in [0.5, 0.6) is 0 Å². The van der Waals surface area contributed by atoms with Gasteiger partial charge in [-0.25, -0.2) is 9.67 Å². The summed E-state index contributed by atoms with van der Waals surface area (Å²) in [5.41, 5.74) is 0.955. The summed E-state index contributed by atoms with van der Waals surface area (Å²) in [4.78, 5) is 5.65. The van der Waals surface area contributed by atoms with Crippen LogP contribution >= 0.6 is 27.3 Å². The third-order valence-corrected chi connectivity index (χ3v) is 3.32. The molecular weight excluding hydrogens is 276 g/mol. The first-order valence-electron chi connectivity index (χ1n) is 4.60. The van der Waals surface area contributed by atoms with Crippen LogP contribution < -0.4 is 0 Å². The predicted octanol–water partition coefficient (Wildman–Crippen LogP) is 2.55. The zero-order valence-corrected chi connectivity index (χ0v) is 10.9. The first-order valence-corrected chi connectivity index (χ1v) is 6.34. The zero-order chi connectivity index (χ0) is 10.8. The predicted molar refractivity (Wildman–Crippen MR) is 63.3 cm³/mol. The van der Waals surface area contributed by atoms with Gasteiger partial charge in [0.1, 0.15) is 0 Å². The van der Waals surface area contributed by atoms with E-state index in [0.29, 0.717) is 0 Å². The molecule has 0 fully saturated rings. The number of nitrogens with zero attached hydrogens (tertiary/aromatic N) is 4. The van der Waals surface area contributed by atoms with Crippen LogP contribution in [-0.2, 0) is 6.54 Å². The summed E-state index contributed by atoms with van der Waals surface area (Å²) in [6.45, 7) is 4.78. The fourth-order valence-corrected chi connectivity index (χ4v) is 2.21. The van der Waals surface area contributed by atoms with Gasteiger partial charge in [-0.15, -0.1) is 16.4 Å². The van der Waals surface area contributed by atoms with Crippen LogP contribution in [0.15, 0.2) is 12.4 Å². The van der Waals surface area contributed by atoms with Crippen molar-refractivity contribution < 1.29 is 0 Å². The number of thiazole rings is 1. The smallest absolute Gasteiger partial charge is 0.0960 e.